The molecule has 116 valence electrons. The number of nitrogens with zero attached hydrogens (tertiary/aromatic N) is 3. The Morgan fingerprint density at radius 1 is 1.48 bits per heavy atom. The molecule has 1 aromatic rings. The van der Waals surface area contributed by atoms with Gasteiger partial charge in [-0.15, -0.1) is 11.3 Å². The van der Waals surface area contributed by atoms with Gasteiger partial charge in [-0.05, 0) is 13.3 Å². The molecule has 6 nitrogen and oxygen atoms in total. The number of hydrogen-bond donors (Lipinski definition) is 2. The van der Waals surface area contributed by atoms with Crippen LogP contribution in [-0.2, 0) is 11.3 Å². The molecule has 2 N–H and O–H groups in total. The molecule has 0 radical (unpaired) electrons. The topological polar surface area (TPSA) is 68.7 Å². The van der Waals surface area contributed by atoms with Gasteiger partial charge in [-0.3, -0.25) is 9.69 Å². The number of nitrogens with one attached hydrogen (secondary N) is 1. The molecule has 1 amide bonds. The second-order valence-corrected chi connectivity index (χ2v) is 6.87. The number of piperazine rings is 1. The van der Waals surface area contributed by atoms with Crippen LogP contribution in [0.25, 0.3) is 0 Å². The number of amides is 1. The molecular weight excluding hydrogens is 288 g/mol. The van der Waals surface area contributed by atoms with Crippen molar-refractivity contribution in [1.29, 1.82) is 0 Å². The van der Waals surface area contributed by atoms with E-state index in [1.807, 2.05) is 11.8 Å². The van der Waals surface area contributed by atoms with Gasteiger partial charge in [-0.25, -0.2) is 4.98 Å². The largest absolute Gasteiger partial charge is 0.392 e. The van der Waals surface area contributed by atoms with Crippen molar-refractivity contribution in [2.45, 2.75) is 32.0 Å². The summed E-state index contributed by atoms with van der Waals surface area (Å²) in [5.41, 5.74) is 1.12. The van der Waals surface area contributed by atoms with Crippen molar-refractivity contribution >= 4 is 17.2 Å². The second kappa shape index (κ2) is 6.39. The fourth-order valence-corrected chi connectivity index (χ4v) is 3.57. The first-order valence-corrected chi connectivity index (χ1v) is 8.33. The van der Waals surface area contributed by atoms with Crippen LogP contribution in [0.3, 0.4) is 0 Å². The first kappa shape index (κ1) is 14.9. The maximum Gasteiger partial charge on any atom is 0.239 e. The van der Waals surface area contributed by atoms with E-state index < -0.39 is 0 Å². The van der Waals surface area contributed by atoms with Crippen molar-refractivity contribution in [1.82, 2.24) is 20.1 Å². The predicted octanol–water partition coefficient (Wildman–Crippen LogP) is -0.181. The standard InChI is InChI=1S/C14H22N4O2S/c1-10-16-11(9-21-10)8-17-2-4-18(5-3-17)14(20)13-6-12(19)7-15-13/h9,12-13,15,19H,2-8H2,1H3/t12-,13+/m0/s1. The van der Waals surface area contributed by atoms with Crippen molar-refractivity contribution in [2.24, 2.45) is 0 Å². The van der Waals surface area contributed by atoms with Crippen molar-refractivity contribution < 1.29 is 9.90 Å². The number of hydrogen-bond acceptors (Lipinski definition) is 6. The molecular formula is C14H22N4O2S. The van der Waals surface area contributed by atoms with Gasteiger partial charge in [0.05, 0.1) is 22.8 Å². The van der Waals surface area contributed by atoms with Crippen LogP contribution < -0.4 is 5.32 Å². The molecule has 2 aliphatic rings. The first-order valence-electron chi connectivity index (χ1n) is 7.45. The Morgan fingerprint density at radius 3 is 2.81 bits per heavy atom. The number of aliphatic hydroxyl groups excluding tert-OH is 1. The van der Waals surface area contributed by atoms with Crippen molar-refractivity contribution in [3.05, 3.63) is 16.1 Å². The SMILES string of the molecule is Cc1nc(CN2CCN(C(=O)[C@H]3C[C@H](O)CN3)CC2)cs1. The van der Waals surface area contributed by atoms with Crippen LogP contribution in [0.1, 0.15) is 17.1 Å². The molecule has 7 heteroatoms. The Kier molecular flexibility index (Phi) is 4.54. The van der Waals surface area contributed by atoms with E-state index in [0.717, 1.165) is 43.4 Å². The Labute approximate surface area is 128 Å². The molecule has 0 saturated carbocycles. The monoisotopic (exact) mass is 310 g/mol. The molecule has 0 aliphatic carbocycles. The normalized spacial score (nSPS) is 27.2. The molecule has 0 unspecified atom stereocenters. The molecule has 0 bridgehead atoms. The van der Waals surface area contributed by atoms with Crippen molar-refractivity contribution in [2.75, 3.05) is 32.7 Å². The van der Waals surface area contributed by atoms with Gasteiger partial charge in [0.2, 0.25) is 5.91 Å². The minimum atomic E-state index is -0.381. The van der Waals surface area contributed by atoms with Gasteiger partial charge in [-0.1, -0.05) is 0 Å². The van der Waals surface area contributed by atoms with Crippen LogP contribution in [0, 0.1) is 6.92 Å². The molecule has 2 saturated heterocycles. The van der Waals surface area contributed by atoms with Crippen molar-refractivity contribution in [3.63, 3.8) is 0 Å². The maximum atomic E-state index is 12.3. The third-order valence-electron chi connectivity index (χ3n) is 4.14. The van der Waals surface area contributed by atoms with E-state index in [-0.39, 0.29) is 18.1 Å². The number of aromatic nitrogens is 1. The average molecular weight is 310 g/mol. The number of carbonyl (C=O) groups excluding carboxylic acids is 1. The zero-order chi connectivity index (χ0) is 14.8. The lowest BCUT2D eigenvalue weighted by Gasteiger charge is -2.35. The maximum absolute atomic E-state index is 12.3. The highest BCUT2D eigenvalue weighted by Gasteiger charge is 2.32. The summed E-state index contributed by atoms with van der Waals surface area (Å²) in [4.78, 5) is 21.1. The molecule has 0 spiro atoms. The van der Waals surface area contributed by atoms with E-state index >= 15 is 0 Å². The van der Waals surface area contributed by atoms with E-state index in [4.69, 9.17) is 0 Å². The summed E-state index contributed by atoms with van der Waals surface area (Å²) >= 11 is 1.68. The number of rotatable bonds is 3. The third kappa shape index (κ3) is 3.60. The number of β-amino-alcohol motifs (C(OH)–C–C–N with tert-alkyl or cyclic N) is 1. The Morgan fingerprint density at radius 2 is 2.24 bits per heavy atom. The molecule has 21 heavy (non-hydrogen) atoms. The molecule has 2 fully saturated rings. The van der Waals surface area contributed by atoms with Gasteiger partial charge >= 0.3 is 0 Å². The Balaban J connectivity index is 1.47. The van der Waals surface area contributed by atoms with Gasteiger partial charge in [0.1, 0.15) is 0 Å². The Hall–Kier alpha value is -1.02. The summed E-state index contributed by atoms with van der Waals surface area (Å²) < 4.78 is 0. The fourth-order valence-electron chi connectivity index (χ4n) is 2.96. The van der Waals surface area contributed by atoms with Gasteiger partial charge in [0, 0.05) is 44.6 Å². The molecule has 3 heterocycles. The first-order chi connectivity index (χ1) is 10.1. The highest BCUT2D eigenvalue weighted by Crippen LogP contribution is 2.14. The average Bonchev–Trinajstić information content (AvgIpc) is 3.08. The highest BCUT2D eigenvalue weighted by atomic mass is 32.1. The molecule has 0 aromatic carbocycles. The smallest absolute Gasteiger partial charge is 0.239 e. The van der Waals surface area contributed by atoms with Gasteiger partial charge < -0.3 is 15.3 Å². The lowest BCUT2D eigenvalue weighted by molar-refractivity contribution is -0.135. The minimum absolute atomic E-state index is 0.135. The molecule has 1 aromatic heterocycles. The summed E-state index contributed by atoms with van der Waals surface area (Å²) in [6.07, 6.45) is 0.157. The lowest BCUT2D eigenvalue weighted by atomic mass is 10.1. The van der Waals surface area contributed by atoms with E-state index in [0.29, 0.717) is 13.0 Å². The van der Waals surface area contributed by atoms with E-state index in [1.165, 1.54) is 0 Å². The number of carbonyl (C=O) groups is 1. The summed E-state index contributed by atoms with van der Waals surface area (Å²) in [5, 5.41) is 15.8. The van der Waals surface area contributed by atoms with Crippen LogP contribution in [0.4, 0.5) is 0 Å². The molecule has 2 atom stereocenters. The Bertz CT molecular complexity index is 499. The van der Waals surface area contributed by atoms with Crippen LogP contribution in [-0.4, -0.2) is 70.7 Å². The van der Waals surface area contributed by atoms with Crippen LogP contribution in [0.2, 0.25) is 0 Å². The fraction of sp³-hybridized carbons (Fsp3) is 0.714. The van der Waals surface area contributed by atoms with E-state index in [2.05, 4.69) is 20.6 Å². The number of aliphatic hydroxyl groups is 1. The second-order valence-electron chi connectivity index (χ2n) is 5.81. The summed E-state index contributed by atoms with van der Waals surface area (Å²) in [6.45, 7) is 6.71. The van der Waals surface area contributed by atoms with E-state index in [9.17, 15) is 9.90 Å². The van der Waals surface area contributed by atoms with Crippen molar-refractivity contribution in [3.8, 4) is 0 Å². The lowest BCUT2D eigenvalue weighted by Crippen LogP contribution is -2.52. The van der Waals surface area contributed by atoms with Crippen LogP contribution in [0.5, 0.6) is 0 Å². The zero-order valence-corrected chi connectivity index (χ0v) is 13.1. The van der Waals surface area contributed by atoms with Gasteiger partial charge in [0.25, 0.3) is 0 Å². The van der Waals surface area contributed by atoms with Crippen LogP contribution >= 0.6 is 11.3 Å². The van der Waals surface area contributed by atoms with Gasteiger partial charge in [-0.2, -0.15) is 0 Å². The number of thiazole rings is 1. The summed E-state index contributed by atoms with van der Waals surface area (Å²) in [5.74, 6) is 0.135. The number of aryl methyl sites for hydroxylation is 1. The van der Waals surface area contributed by atoms with E-state index in [1.54, 1.807) is 11.3 Å². The molecule has 2 aliphatic heterocycles. The van der Waals surface area contributed by atoms with Gasteiger partial charge in [0.15, 0.2) is 0 Å². The van der Waals surface area contributed by atoms with Crippen LogP contribution in [0.15, 0.2) is 5.38 Å². The summed E-state index contributed by atoms with van der Waals surface area (Å²) in [6, 6.07) is -0.201. The zero-order valence-electron chi connectivity index (χ0n) is 12.3. The highest BCUT2D eigenvalue weighted by molar-refractivity contribution is 7.09. The quantitative estimate of drug-likeness (QED) is 0.810. The summed E-state index contributed by atoms with van der Waals surface area (Å²) in [7, 11) is 0. The minimum Gasteiger partial charge on any atom is -0.392 e. The molecule has 3 rings (SSSR count). The predicted molar refractivity (Wildman–Crippen MR) is 81.1 cm³/mol. The third-order valence-corrected chi connectivity index (χ3v) is 4.96.